The minimum Gasteiger partial charge on any atom is -0.379 e. The predicted octanol–water partition coefficient (Wildman–Crippen LogP) is 1.86. The molecular weight excluding hydrogens is 316 g/mol. The van der Waals surface area contributed by atoms with Crippen LogP contribution in [0.3, 0.4) is 0 Å². The van der Waals surface area contributed by atoms with Crippen molar-refractivity contribution in [2.45, 2.75) is 26.2 Å². The van der Waals surface area contributed by atoms with E-state index < -0.39 is 0 Å². The summed E-state index contributed by atoms with van der Waals surface area (Å²) in [5.41, 5.74) is 1.57. The molecule has 1 amide bonds. The standard InChI is InChI=1S/C19H30N4O2/c1-16-14-18(20-21(16)2)19(24)23(15-17-6-4-3-5-7-17)9-8-22-10-12-25-13-11-22/h3-4,14,17H,5-13,15H2,1-2H3/t17-/m1/s1. The second-order valence-electron chi connectivity index (χ2n) is 7.15. The smallest absolute Gasteiger partial charge is 0.274 e. The summed E-state index contributed by atoms with van der Waals surface area (Å²) < 4.78 is 7.19. The van der Waals surface area contributed by atoms with Crippen LogP contribution < -0.4 is 0 Å². The zero-order valence-electron chi connectivity index (χ0n) is 15.5. The Kier molecular flexibility index (Phi) is 6.26. The van der Waals surface area contributed by atoms with Crippen LogP contribution in [0.4, 0.5) is 0 Å². The monoisotopic (exact) mass is 346 g/mol. The maximum atomic E-state index is 13.0. The van der Waals surface area contributed by atoms with Crippen LogP contribution >= 0.6 is 0 Å². The molecule has 0 radical (unpaired) electrons. The summed E-state index contributed by atoms with van der Waals surface area (Å²) in [5, 5.41) is 4.40. The van der Waals surface area contributed by atoms with Crippen LogP contribution in [-0.2, 0) is 11.8 Å². The van der Waals surface area contributed by atoms with Crippen molar-refractivity contribution in [2.24, 2.45) is 13.0 Å². The molecule has 25 heavy (non-hydrogen) atoms. The van der Waals surface area contributed by atoms with Gasteiger partial charge in [0, 0.05) is 45.5 Å². The first-order chi connectivity index (χ1) is 12.1. The molecule has 1 aliphatic heterocycles. The highest BCUT2D eigenvalue weighted by Crippen LogP contribution is 2.20. The van der Waals surface area contributed by atoms with Gasteiger partial charge in [0.05, 0.1) is 13.2 Å². The molecule has 0 aromatic carbocycles. The van der Waals surface area contributed by atoms with E-state index in [1.165, 1.54) is 6.42 Å². The summed E-state index contributed by atoms with van der Waals surface area (Å²) >= 11 is 0. The average molecular weight is 346 g/mol. The minimum atomic E-state index is 0.0616. The second kappa shape index (κ2) is 8.63. The number of nitrogens with zero attached hydrogens (tertiary/aromatic N) is 4. The largest absolute Gasteiger partial charge is 0.379 e. The number of morpholine rings is 1. The van der Waals surface area contributed by atoms with Crippen LogP contribution in [0.15, 0.2) is 18.2 Å². The molecule has 0 saturated carbocycles. The first-order valence-electron chi connectivity index (χ1n) is 9.38. The van der Waals surface area contributed by atoms with E-state index in [0.29, 0.717) is 11.6 Å². The van der Waals surface area contributed by atoms with Crippen LogP contribution in [0.2, 0.25) is 0 Å². The molecule has 1 atom stereocenters. The molecule has 0 N–H and O–H groups in total. The molecule has 3 rings (SSSR count). The highest BCUT2D eigenvalue weighted by molar-refractivity contribution is 5.92. The number of amides is 1. The van der Waals surface area contributed by atoms with E-state index in [-0.39, 0.29) is 5.91 Å². The van der Waals surface area contributed by atoms with Gasteiger partial charge in [0.1, 0.15) is 0 Å². The number of rotatable bonds is 6. The number of ether oxygens (including phenoxy) is 1. The lowest BCUT2D eigenvalue weighted by Crippen LogP contribution is -2.44. The first-order valence-corrected chi connectivity index (χ1v) is 9.38. The van der Waals surface area contributed by atoms with Gasteiger partial charge in [-0.3, -0.25) is 14.4 Å². The van der Waals surface area contributed by atoms with E-state index in [1.807, 2.05) is 24.9 Å². The lowest BCUT2D eigenvalue weighted by Gasteiger charge is -2.32. The van der Waals surface area contributed by atoms with Crippen LogP contribution in [0, 0.1) is 12.8 Å². The lowest BCUT2D eigenvalue weighted by atomic mass is 9.94. The highest BCUT2D eigenvalue weighted by Gasteiger charge is 2.24. The van der Waals surface area contributed by atoms with Crippen LogP contribution in [0.1, 0.15) is 35.4 Å². The number of carbonyl (C=O) groups is 1. The van der Waals surface area contributed by atoms with Crippen molar-refractivity contribution in [2.75, 3.05) is 45.9 Å². The maximum Gasteiger partial charge on any atom is 0.274 e. The van der Waals surface area contributed by atoms with Gasteiger partial charge in [-0.25, -0.2) is 0 Å². The molecule has 1 aliphatic carbocycles. The summed E-state index contributed by atoms with van der Waals surface area (Å²) in [7, 11) is 1.89. The normalized spacial score (nSPS) is 21.4. The highest BCUT2D eigenvalue weighted by atomic mass is 16.5. The summed E-state index contributed by atoms with van der Waals surface area (Å²) in [5.74, 6) is 0.620. The SMILES string of the molecule is Cc1cc(C(=O)N(CCN2CCOCC2)C[C@@H]2CC=CCC2)nn1C. The topological polar surface area (TPSA) is 50.6 Å². The summed E-state index contributed by atoms with van der Waals surface area (Å²) in [6, 6.07) is 1.89. The Hall–Kier alpha value is -1.66. The third-order valence-corrected chi connectivity index (χ3v) is 5.27. The molecule has 6 nitrogen and oxygen atoms in total. The third kappa shape index (κ3) is 4.92. The zero-order chi connectivity index (χ0) is 17.6. The average Bonchev–Trinajstić information content (AvgIpc) is 2.98. The Morgan fingerprint density at radius 3 is 2.80 bits per heavy atom. The summed E-state index contributed by atoms with van der Waals surface area (Å²) in [6.07, 6.45) is 7.86. The van der Waals surface area contributed by atoms with Gasteiger partial charge in [-0.1, -0.05) is 12.2 Å². The van der Waals surface area contributed by atoms with Crippen LogP contribution in [-0.4, -0.2) is 71.4 Å². The Morgan fingerprint density at radius 2 is 2.16 bits per heavy atom. The Labute approximate surface area is 150 Å². The summed E-state index contributed by atoms with van der Waals surface area (Å²) in [4.78, 5) is 17.4. The van der Waals surface area contributed by atoms with Gasteiger partial charge in [0.2, 0.25) is 0 Å². The predicted molar refractivity (Wildman–Crippen MR) is 97.6 cm³/mol. The van der Waals surface area contributed by atoms with Crippen molar-refractivity contribution in [3.63, 3.8) is 0 Å². The number of aryl methyl sites for hydroxylation is 2. The molecular formula is C19H30N4O2. The Balaban J connectivity index is 1.65. The molecule has 2 heterocycles. The number of allylic oxidation sites excluding steroid dienone is 2. The fourth-order valence-electron chi connectivity index (χ4n) is 3.52. The van der Waals surface area contributed by atoms with Gasteiger partial charge >= 0.3 is 0 Å². The van der Waals surface area contributed by atoms with Crippen LogP contribution in [0.5, 0.6) is 0 Å². The van der Waals surface area contributed by atoms with Crippen molar-refractivity contribution >= 4 is 5.91 Å². The summed E-state index contributed by atoms with van der Waals surface area (Å²) in [6.45, 7) is 7.96. The van der Waals surface area contributed by atoms with E-state index in [2.05, 4.69) is 22.2 Å². The van der Waals surface area contributed by atoms with E-state index in [0.717, 1.165) is 64.5 Å². The van der Waals surface area contributed by atoms with E-state index in [4.69, 9.17) is 4.74 Å². The zero-order valence-corrected chi connectivity index (χ0v) is 15.5. The molecule has 1 fully saturated rings. The fraction of sp³-hybridized carbons (Fsp3) is 0.684. The Morgan fingerprint density at radius 1 is 1.36 bits per heavy atom. The molecule has 1 saturated heterocycles. The van der Waals surface area contributed by atoms with Gasteiger partial charge in [-0.15, -0.1) is 0 Å². The number of hydrogen-bond donors (Lipinski definition) is 0. The van der Waals surface area contributed by atoms with E-state index in [1.54, 1.807) is 4.68 Å². The molecule has 0 unspecified atom stereocenters. The van der Waals surface area contributed by atoms with Gasteiger partial charge in [-0.2, -0.15) is 5.10 Å². The van der Waals surface area contributed by atoms with Gasteiger partial charge < -0.3 is 9.64 Å². The number of aromatic nitrogens is 2. The second-order valence-corrected chi connectivity index (χ2v) is 7.15. The quantitative estimate of drug-likeness (QED) is 0.738. The van der Waals surface area contributed by atoms with Crippen molar-refractivity contribution in [3.05, 3.63) is 29.6 Å². The number of hydrogen-bond acceptors (Lipinski definition) is 4. The molecule has 0 bridgehead atoms. The molecule has 1 aromatic rings. The molecule has 6 heteroatoms. The third-order valence-electron chi connectivity index (χ3n) is 5.27. The van der Waals surface area contributed by atoms with E-state index in [9.17, 15) is 4.79 Å². The molecule has 1 aromatic heterocycles. The lowest BCUT2D eigenvalue weighted by molar-refractivity contribution is 0.0314. The van der Waals surface area contributed by atoms with Gasteiger partial charge in [0.15, 0.2) is 5.69 Å². The van der Waals surface area contributed by atoms with Crippen LogP contribution in [0.25, 0.3) is 0 Å². The fourth-order valence-corrected chi connectivity index (χ4v) is 3.52. The molecule has 0 spiro atoms. The maximum absolute atomic E-state index is 13.0. The minimum absolute atomic E-state index is 0.0616. The van der Waals surface area contributed by atoms with Crippen molar-refractivity contribution < 1.29 is 9.53 Å². The first kappa shape index (κ1) is 18.1. The number of carbonyl (C=O) groups excluding carboxylic acids is 1. The van der Waals surface area contributed by atoms with Crippen molar-refractivity contribution in [1.29, 1.82) is 0 Å². The van der Waals surface area contributed by atoms with Gasteiger partial charge in [-0.05, 0) is 38.2 Å². The molecule has 138 valence electrons. The van der Waals surface area contributed by atoms with Crippen molar-refractivity contribution in [1.82, 2.24) is 19.6 Å². The Bertz CT molecular complexity index is 585. The molecule has 2 aliphatic rings. The van der Waals surface area contributed by atoms with Crippen molar-refractivity contribution in [3.8, 4) is 0 Å². The van der Waals surface area contributed by atoms with E-state index >= 15 is 0 Å². The van der Waals surface area contributed by atoms with Gasteiger partial charge in [0.25, 0.3) is 5.91 Å².